The Morgan fingerprint density at radius 3 is 3.00 bits per heavy atom. The van der Waals surface area contributed by atoms with Crippen LogP contribution in [0.2, 0.25) is 0 Å². The third kappa shape index (κ3) is 2.98. The van der Waals surface area contributed by atoms with Gasteiger partial charge in [0.1, 0.15) is 0 Å². The molecule has 100 valence electrons. The number of alkyl halides is 1. The predicted molar refractivity (Wildman–Crippen MR) is 76.6 cm³/mol. The van der Waals surface area contributed by atoms with E-state index in [0.29, 0.717) is 5.88 Å². The van der Waals surface area contributed by atoms with Crippen LogP contribution in [0.15, 0.2) is 24.4 Å². The van der Waals surface area contributed by atoms with Crippen molar-refractivity contribution < 1.29 is 0 Å². The van der Waals surface area contributed by atoms with E-state index in [4.69, 9.17) is 11.6 Å². The minimum Gasteiger partial charge on any atom is -0.248 e. The van der Waals surface area contributed by atoms with E-state index in [2.05, 4.69) is 28.5 Å². The fourth-order valence-electron chi connectivity index (χ4n) is 2.69. The van der Waals surface area contributed by atoms with Crippen molar-refractivity contribution in [3.63, 3.8) is 0 Å². The summed E-state index contributed by atoms with van der Waals surface area (Å²) >= 11 is 5.69. The van der Waals surface area contributed by atoms with Gasteiger partial charge < -0.3 is 0 Å². The molecule has 3 rings (SSSR count). The van der Waals surface area contributed by atoms with Gasteiger partial charge in [0.15, 0.2) is 0 Å². The quantitative estimate of drug-likeness (QED) is 0.786. The number of fused-ring (bicyclic) bond motifs is 1. The number of hydrogen-bond acceptors (Lipinski definition) is 2. The number of hydrogen-bond donors (Lipinski definition) is 0. The van der Waals surface area contributed by atoms with E-state index in [-0.39, 0.29) is 0 Å². The van der Waals surface area contributed by atoms with Gasteiger partial charge >= 0.3 is 0 Å². The normalized spacial score (nSPS) is 13.7. The highest BCUT2D eigenvalue weighted by Crippen LogP contribution is 2.23. The first-order valence-electron chi connectivity index (χ1n) is 6.91. The van der Waals surface area contributed by atoms with E-state index in [1.807, 2.05) is 10.9 Å². The first kappa shape index (κ1) is 12.7. The van der Waals surface area contributed by atoms with Gasteiger partial charge in [0.25, 0.3) is 0 Å². The third-order valence-corrected chi connectivity index (χ3v) is 3.93. The molecule has 2 aromatic rings. The van der Waals surface area contributed by atoms with Crippen molar-refractivity contribution in [3.05, 3.63) is 46.8 Å². The largest absolute Gasteiger partial charge is 0.248 e. The Morgan fingerprint density at radius 2 is 2.11 bits per heavy atom. The van der Waals surface area contributed by atoms with Crippen LogP contribution >= 0.6 is 11.6 Å². The zero-order valence-corrected chi connectivity index (χ0v) is 11.7. The van der Waals surface area contributed by atoms with E-state index in [9.17, 15) is 0 Å². The van der Waals surface area contributed by atoms with E-state index in [1.165, 1.54) is 36.0 Å². The van der Waals surface area contributed by atoms with Gasteiger partial charge in [0.05, 0.1) is 12.2 Å². The second kappa shape index (κ2) is 5.74. The molecule has 0 fully saturated rings. The van der Waals surface area contributed by atoms with Crippen LogP contribution in [0.5, 0.6) is 0 Å². The lowest BCUT2D eigenvalue weighted by Gasteiger charge is -2.04. The average molecular weight is 276 g/mol. The van der Waals surface area contributed by atoms with E-state index in [0.717, 1.165) is 25.1 Å². The molecule has 0 saturated heterocycles. The summed E-state index contributed by atoms with van der Waals surface area (Å²) in [5, 5.41) is 8.36. The van der Waals surface area contributed by atoms with Gasteiger partial charge in [-0.3, -0.25) is 0 Å². The summed E-state index contributed by atoms with van der Waals surface area (Å²) in [5.74, 6) is 0.678. The van der Waals surface area contributed by atoms with Crippen molar-refractivity contribution in [2.45, 2.75) is 38.6 Å². The second-order valence-corrected chi connectivity index (χ2v) is 5.53. The molecule has 1 aromatic carbocycles. The van der Waals surface area contributed by atoms with Gasteiger partial charge in [0, 0.05) is 12.1 Å². The number of aromatic nitrogens is 3. The molecule has 0 saturated carbocycles. The molecule has 0 bridgehead atoms. The molecule has 0 spiro atoms. The molecule has 0 aliphatic heterocycles. The number of benzene rings is 1. The fourth-order valence-corrected chi connectivity index (χ4v) is 2.82. The second-order valence-electron chi connectivity index (χ2n) is 5.16. The SMILES string of the molecule is ClCCCc1cn(Cc2ccc3c(c2)CCC3)nn1. The first-order chi connectivity index (χ1) is 9.35. The van der Waals surface area contributed by atoms with E-state index in [1.54, 1.807) is 0 Å². The molecule has 3 nitrogen and oxygen atoms in total. The minimum atomic E-state index is 0.678. The van der Waals surface area contributed by atoms with Crippen LogP contribution in [-0.4, -0.2) is 20.9 Å². The van der Waals surface area contributed by atoms with Crippen molar-refractivity contribution in [2.24, 2.45) is 0 Å². The van der Waals surface area contributed by atoms with Crippen molar-refractivity contribution in [1.82, 2.24) is 15.0 Å². The summed E-state index contributed by atoms with van der Waals surface area (Å²) in [4.78, 5) is 0. The Balaban J connectivity index is 1.69. The number of aryl methyl sites for hydroxylation is 3. The summed E-state index contributed by atoms with van der Waals surface area (Å²) in [7, 11) is 0. The maximum Gasteiger partial charge on any atom is 0.0827 e. The lowest BCUT2D eigenvalue weighted by molar-refractivity contribution is 0.648. The van der Waals surface area contributed by atoms with Gasteiger partial charge in [0.2, 0.25) is 0 Å². The Labute approximate surface area is 118 Å². The summed E-state index contributed by atoms with van der Waals surface area (Å²) in [6, 6.07) is 6.80. The summed E-state index contributed by atoms with van der Waals surface area (Å²) < 4.78 is 1.92. The van der Waals surface area contributed by atoms with E-state index < -0.39 is 0 Å². The molecule has 4 heteroatoms. The van der Waals surface area contributed by atoms with Gasteiger partial charge in [-0.25, -0.2) is 4.68 Å². The maximum atomic E-state index is 5.69. The molecule has 0 N–H and O–H groups in total. The van der Waals surface area contributed by atoms with Gasteiger partial charge in [-0.1, -0.05) is 23.4 Å². The number of rotatable bonds is 5. The van der Waals surface area contributed by atoms with Crippen LogP contribution in [0.25, 0.3) is 0 Å². The molecule has 1 aliphatic carbocycles. The van der Waals surface area contributed by atoms with Crippen LogP contribution in [0.3, 0.4) is 0 Å². The van der Waals surface area contributed by atoms with Crippen molar-refractivity contribution >= 4 is 11.6 Å². The fraction of sp³-hybridized carbons (Fsp3) is 0.467. The molecular weight excluding hydrogens is 258 g/mol. The topological polar surface area (TPSA) is 30.7 Å². The van der Waals surface area contributed by atoms with Crippen LogP contribution in [-0.2, 0) is 25.8 Å². The zero-order valence-electron chi connectivity index (χ0n) is 11.0. The van der Waals surface area contributed by atoms with Crippen LogP contribution < -0.4 is 0 Å². The number of nitrogens with zero attached hydrogens (tertiary/aromatic N) is 3. The summed E-state index contributed by atoms with van der Waals surface area (Å²) in [5.41, 5.74) is 5.38. The van der Waals surface area contributed by atoms with Crippen molar-refractivity contribution in [2.75, 3.05) is 5.88 Å². The molecule has 0 amide bonds. The summed E-state index contributed by atoms with van der Waals surface area (Å²) in [6.07, 6.45) is 7.65. The maximum absolute atomic E-state index is 5.69. The Bertz CT molecular complexity index is 562. The first-order valence-corrected chi connectivity index (χ1v) is 7.44. The Morgan fingerprint density at radius 1 is 1.21 bits per heavy atom. The van der Waals surface area contributed by atoms with Crippen LogP contribution in [0, 0.1) is 0 Å². The minimum absolute atomic E-state index is 0.678. The van der Waals surface area contributed by atoms with Gasteiger partial charge in [-0.15, -0.1) is 16.7 Å². The number of halogens is 1. The zero-order chi connectivity index (χ0) is 13.1. The highest BCUT2D eigenvalue weighted by atomic mass is 35.5. The lowest BCUT2D eigenvalue weighted by Crippen LogP contribution is -2.01. The third-order valence-electron chi connectivity index (χ3n) is 3.66. The predicted octanol–water partition coefficient (Wildman–Crippen LogP) is 2.99. The monoisotopic (exact) mass is 275 g/mol. The molecule has 0 unspecified atom stereocenters. The van der Waals surface area contributed by atoms with Crippen LogP contribution in [0.1, 0.15) is 35.2 Å². The molecule has 19 heavy (non-hydrogen) atoms. The summed E-state index contributed by atoms with van der Waals surface area (Å²) in [6.45, 7) is 0.807. The van der Waals surface area contributed by atoms with Crippen molar-refractivity contribution in [3.8, 4) is 0 Å². The lowest BCUT2D eigenvalue weighted by atomic mass is 10.1. The van der Waals surface area contributed by atoms with E-state index >= 15 is 0 Å². The smallest absolute Gasteiger partial charge is 0.0827 e. The van der Waals surface area contributed by atoms with Gasteiger partial charge in [-0.05, 0) is 48.8 Å². The van der Waals surface area contributed by atoms with Crippen LogP contribution in [0.4, 0.5) is 0 Å². The molecule has 0 atom stereocenters. The molecule has 1 aliphatic rings. The average Bonchev–Trinajstić information content (AvgIpc) is 3.05. The molecule has 0 radical (unpaired) electrons. The highest BCUT2D eigenvalue weighted by molar-refractivity contribution is 6.17. The van der Waals surface area contributed by atoms with Gasteiger partial charge in [-0.2, -0.15) is 0 Å². The molecule has 1 aromatic heterocycles. The molecule has 1 heterocycles. The highest BCUT2D eigenvalue weighted by Gasteiger charge is 2.11. The Kier molecular flexibility index (Phi) is 3.83. The standard InChI is InChI=1S/C15H18ClN3/c16-8-2-5-15-11-19(18-17-15)10-12-6-7-13-3-1-4-14(13)9-12/h6-7,9,11H,1-5,8,10H2. The Hall–Kier alpha value is -1.35. The molecular formula is C15H18ClN3. The van der Waals surface area contributed by atoms with Crippen molar-refractivity contribution in [1.29, 1.82) is 0 Å².